The van der Waals surface area contributed by atoms with Gasteiger partial charge in [-0.15, -0.1) is 5.10 Å². The summed E-state index contributed by atoms with van der Waals surface area (Å²) >= 11 is 0. The van der Waals surface area contributed by atoms with Gasteiger partial charge in [0.05, 0.1) is 0 Å². The second kappa shape index (κ2) is 4.06. The Morgan fingerprint density at radius 1 is 1.06 bits per heavy atom. The maximum absolute atomic E-state index is 4.48. The second-order valence-corrected chi connectivity index (χ2v) is 4.08. The van der Waals surface area contributed by atoms with Gasteiger partial charge in [0.2, 0.25) is 0 Å². The molecular weight excluding hydrogens is 228 g/mol. The van der Waals surface area contributed by atoms with Gasteiger partial charge in [-0.2, -0.15) is 9.50 Å². The molecule has 0 atom stereocenters. The first-order valence-electron chi connectivity index (χ1n) is 5.55. The van der Waals surface area contributed by atoms with Gasteiger partial charge < -0.3 is 4.90 Å². The first kappa shape index (κ1) is 10.6. The molecule has 0 fully saturated rings. The molecule has 18 heavy (non-hydrogen) atoms. The van der Waals surface area contributed by atoms with Crippen molar-refractivity contribution >= 4 is 11.6 Å². The number of hydrogen-bond acceptors (Lipinski definition) is 5. The van der Waals surface area contributed by atoms with Crippen LogP contribution in [0.2, 0.25) is 0 Å². The van der Waals surface area contributed by atoms with Crippen LogP contribution >= 0.6 is 0 Å². The molecule has 6 nitrogen and oxygen atoms in total. The van der Waals surface area contributed by atoms with Gasteiger partial charge in [-0.25, -0.2) is 4.98 Å². The van der Waals surface area contributed by atoms with Crippen molar-refractivity contribution in [2.45, 2.75) is 0 Å². The molecule has 0 radical (unpaired) electrons. The molecule has 3 heterocycles. The van der Waals surface area contributed by atoms with E-state index in [2.05, 4.69) is 20.1 Å². The number of pyridine rings is 1. The summed E-state index contributed by atoms with van der Waals surface area (Å²) in [6.07, 6.45) is 5.18. The molecule has 6 heteroatoms. The molecule has 3 rings (SSSR count). The fraction of sp³-hybridized carbons (Fsp3) is 0.167. The van der Waals surface area contributed by atoms with E-state index >= 15 is 0 Å². The van der Waals surface area contributed by atoms with E-state index < -0.39 is 0 Å². The van der Waals surface area contributed by atoms with Crippen LogP contribution < -0.4 is 4.90 Å². The predicted octanol–water partition coefficient (Wildman–Crippen LogP) is 1.25. The average molecular weight is 240 g/mol. The van der Waals surface area contributed by atoms with Crippen molar-refractivity contribution in [3.63, 3.8) is 0 Å². The number of aromatic nitrogens is 5. The quantitative estimate of drug-likeness (QED) is 0.674. The van der Waals surface area contributed by atoms with Crippen molar-refractivity contribution in [2.24, 2.45) is 0 Å². The molecule has 0 aliphatic carbocycles. The van der Waals surface area contributed by atoms with Gasteiger partial charge in [-0.3, -0.25) is 4.98 Å². The summed E-state index contributed by atoms with van der Waals surface area (Å²) in [7, 11) is 3.92. The van der Waals surface area contributed by atoms with Crippen LogP contribution in [0.1, 0.15) is 0 Å². The maximum Gasteiger partial charge on any atom is 0.254 e. The molecule has 0 saturated heterocycles. The Balaban J connectivity index is 2.20. The molecule has 0 aliphatic rings. The summed E-state index contributed by atoms with van der Waals surface area (Å²) in [5.41, 5.74) is 0.931. The molecule has 90 valence electrons. The number of rotatable bonds is 2. The van der Waals surface area contributed by atoms with Crippen LogP contribution in [0.5, 0.6) is 0 Å². The highest BCUT2D eigenvalue weighted by Gasteiger charge is 2.10. The standard InChI is InChI=1S/C12H12N6/c1-17(2)10-5-8-14-12-15-11(16-18(10)12)9-3-6-13-7-4-9/h3-8H,1-2H3. The van der Waals surface area contributed by atoms with Crippen LogP contribution in [0.25, 0.3) is 17.2 Å². The van der Waals surface area contributed by atoms with Gasteiger partial charge in [0, 0.05) is 38.2 Å². The number of anilines is 1. The summed E-state index contributed by atoms with van der Waals surface area (Å²) in [4.78, 5) is 14.6. The molecule has 0 aromatic carbocycles. The van der Waals surface area contributed by atoms with Crippen LogP contribution in [0.4, 0.5) is 5.82 Å². The Hall–Kier alpha value is -2.50. The lowest BCUT2D eigenvalue weighted by atomic mass is 10.3. The van der Waals surface area contributed by atoms with Crippen molar-refractivity contribution in [2.75, 3.05) is 19.0 Å². The Morgan fingerprint density at radius 3 is 2.56 bits per heavy atom. The van der Waals surface area contributed by atoms with Crippen LogP contribution in [0, 0.1) is 0 Å². The van der Waals surface area contributed by atoms with E-state index in [1.807, 2.05) is 37.2 Å². The van der Waals surface area contributed by atoms with Gasteiger partial charge in [0.25, 0.3) is 5.78 Å². The molecule has 0 saturated carbocycles. The molecule has 3 aromatic heterocycles. The van der Waals surface area contributed by atoms with Crippen molar-refractivity contribution in [3.8, 4) is 11.4 Å². The predicted molar refractivity (Wildman–Crippen MR) is 68.3 cm³/mol. The smallest absolute Gasteiger partial charge is 0.254 e. The maximum atomic E-state index is 4.48. The molecule has 3 aromatic rings. The summed E-state index contributed by atoms with van der Waals surface area (Å²) in [5, 5.41) is 4.48. The zero-order valence-corrected chi connectivity index (χ0v) is 10.1. The minimum absolute atomic E-state index is 0.591. The lowest BCUT2D eigenvalue weighted by Gasteiger charge is -2.11. The molecule has 0 unspecified atom stereocenters. The summed E-state index contributed by atoms with van der Waals surface area (Å²) in [6.45, 7) is 0. The molecule has 0 bridgehead atoms. The van der Waals surface area contributed by atoms with Crippen LogP contribution in [0.3, 0.4) is 0 Å². The Morgan fingerprint density at radius 2 is 1.83 bits per heavy atom. The van der Waals surface area contributed by atoms with Gasteiger partial charge in [0.15, 0.2) is 5.82 Å². The van der Waals surface area contributed by atoms with E-state index in [0.29, 0.717) is 11.6 Å². The highest BCUT2D eigenvalue weighted by Crippen LogP contribution is 2.17. The largest absolute Gasteiger partial charge is 0.363 e. The lowest BCUT2D eigenvalue weighted by molar-refractivity contribution is 0.898. The Bertz CT molecular complexity index is 673. The lowest BCUT2D eigenvalue weighted by Crippen LogP contribution is -2.13. The topological polar surface area (TPSA) is 59.2 Å². The van der Waals surface area contributed by atoms with Gasteiger partial charge >= 0.3 is 0 Å². The third kappa shape index (κ3) is 1.67. The van der Waals surface area contributed by atoms with Crippen molar-refractivity contribution in [1.82, 2.24) is 24.6 Å². The van der Waals surface area contributed by atoms with Crippen LogP contribution in [0.15, 0.2) is 36.8 Å². The fourth-order valence-electron chi connectivity index (χ4n) is 1.74. The van der Waals surface area contributed by atoms with E-state index in [0.717, 1.165) is 11.4 Å². The van der Waals surface area contributed by atoms with E-state index in [1.165, 1.54) is 0 Å². The first-order chi connectivity index (χ1) is 8.75. The van der Waals surface area contributed by atoms with Gasteiger partial charge in [-0.05, 0) is 18.2 Å². The number of fused-ring (bicyclic) bond motifs is 1. The first-order valence-corrected chi connectivity index (χ1v) is 5.55. The van der Waals surface area contributed by atoms with E-state index in [4.69, 9.17) is 0 Å². The third-order valence-electron chi connectivity index (χ3n) is 2.62. The highest BCUT2D eigenvalue weighted by molar-refractivity contribution is 5.57. The summed E-state index contributed by atoms with van der Waals surface area (Å²) in [5.74, 6) is 2.18. The third-order valence-corrected chi connectivity index (χ3v) is 2.62. The number of hydrogen-bond donors (Lipinski definition) is 0. The summed E-state index contributed by atoms with van der Waals surface area (Å²) in [6, 6.07) is 5.66. The summed E-state index contributed by atoms with van der Waals surface area (Å²) < 4.78 is 1.73. The van der Waals surface area contributed by atoms with Gasteiger partial charge in [0.1, 0.15) is 5.82 Å². The molecule has 0 amide bonds. The molecular formula is C12H12N6. The monoisotopic (exact) mass is 240 g/mol. The SMILES string of the molecule is CN(C)c1ccnc2nc(-c3ccncc3)nn12. The molecule has 0 aliphatic heterocycles. The zero-order chi connectivity index (χ0) is 12.5. The Labute approximate surface area is 104 Å². The van der Waals surface area contributed by atoms with Crippen molar-refractivity contribution < 1.29 is 0 Å². The van der Waals surface area contributed by atoms with Crippen molar-refractivity contribution in [1.29, 1.82) is 0 Å². The van der Waals surface area contributed by atoms with Crippen LogP contribution in [-0.4, -0.2) is 38.7 Å². The minimum atomic E-state index is 0.591. The average Bonchev–Trinajstić information content (AvgIpc) is 2.83. The zero-order valence-electron chi connectivity index (χ0n) is 10.1. The molecule has 0 N–H and O–H groups in total. The van der Waals surface area contributed by atoms with E-state index in [9.17, 15) is 0 Å². The van der Waals surface area contributed by atoms with E-state index in [1.54, 1.807) is 23.1 Å². The van der Waals surface area contributed by atoms with E-state index in [-0.39, 0.29) is 0 Å². The van der Waals surface area contributed by atoms with Gasteiger partial charge in [-0.1, -0.05) is 0 Å². The number of nitrogens with zero attached hydrogens (tertiary/aromatic N) is 6. The Kier molecular flexibility index (Phi) is 2.40. The fourth-order valence-corrected chi connectivity index (χ4v) is 1.74. The van der Waals surface area contributed by atoms with Crippen molar-refractivity contribution in [3.05, 3.63) is 36.8 Å². The minimum Gasteiger partial charge on any atom is -0.363 e. The highest BCUT2D eigenvalue weighted by atomic mass is 15.4. The second-order valence-electron chi connectivity index (χ2n) is 4.08. The van der Waals surface area contributed by atoms with Crippen LogP contribution in [-0.2, 0) is 0 Å². The molecule has 0 spiro atoms. The normalized spacial score (nSPS) is 10.8.